The van der Waals surface area contributed by atoms with Crippen molar-refractivity contribution in [1.82, 2.24) is 4.90 Å². The van der Waals surface area contributed by atoms with Crippen molar-refractivity contribution in [2.45, 2.75) is 26.7 Å². The van der Waals surface area contributed by atoms with Gasteiger partial charge < -0.3 is 4.90 Å². The van der Waals surface area contributed by atoms with Crippen LogP contribution in [0.2, 0.25) is 5.02 Å². The summed E-state index contributed by atoms with van der Waals surface area (Å²) in [5.74, 6) is -0.119. The highest BCUT2D eigenvalue weighted by Crippen LogP contribution is 2.24. The molecular formula is C14H21ClN2O3S. The summed E-state index contributed by atoms with van der Waals surface area (Å²) in [6.45, 7) is 5.36. The molecule has 0 heterocycles. The van der Waals surface area contributed by atoms with E-state index in [4.69, 9.17) is 11.6 Å². The van der Waals surface area contributed by atoms with Crippen molar-refractivity contribution in [3.63, 3.8) is 0 Å². The lowest BCUT2D eigenvalue weighted by atomic mass is 10.1. The lowest BCUT2D eigenvalue weighted by Gasteiger charge is -2.22. The average molecular weight is 333 g/mol. The maximum atomic E-state index is 12.5. The molecule has 0 bridgehead atoms. The SMILES string of the molecule is CCCN(CCC)C(=O)c1ccc(Cl)c(NS(C)(=O)=O)c1. The zero-order chi connectivity index (χ0) is 16.0. The predicted octanol–water partition coefficient (Wildman–Crippen LogP) is 2.97. The van der Waals surface area contributed by atoms with Crippen LogP contribution in [0.15, 0.2) is 18.2 Å². The van der Waals surface area contributed by atoms with Gasteiger partial charge in [-0.1, -0.05) is 25.4 Å². The second-order valence-corrected chi connectivity index (χ2v) is 7.02. The van der Waals surface area contributed by atoms with Crippen molar-refractivity contribution >= 4 is 33.2 Å². The molecule has 118 valence electrons. The molecular weight excluding hydrogens is 312 g/mol. The number of rotatable bonds is 7. The van der Waals surface area contributed by atoms with E-state index in [1.807, 2.05) is 13.8 Å². The zero-order valence-corrected chi connectivity index (χ0v) is 14.1. The molecule has 1 rings (SSSR count). The summed E-state index contributed by atoms with van der Waals surface area (Å²) in [6.07, 6.45) is 2.78. The fraction of sp³-hybridized carbons (Fsp3) is 0.500. The third-order valence-corrected chi connectivity index (χ3v) is 3.70. The Hall–Kier alpha value is -1.27. The van der Waals surface area contributed by atoms with E-state index in [2.05, 4.69) is 4.72 Å². The van der Waals surface area contributed by atoms with Crippen LogP contribution in [0.1, 0.15) is 37.0 Å². The van der Waals surface area contributed by atoms with Crippen LogP contribution in [-0.2, 0) is 10.0 Å². The number of anilines is 1. The molecule has 0 aliphatic carbocycles. The molecule has 0 aliphatic rings. The third-order valence-electron chi connectivity index (χ3n) is 2.78. The average Bonchev–Trinajstić information content (AvgIpc) is 2.39. The predicted molar refractivity (Wildman–Crippen MR) is 86.4 cm³/mol. The lowest BCUT2D eigenvalue weighted by molar-refractivity contribution is 0.0755. The van der Waals surface area contributed by atoms with Gasteiger partial charge >= 0.3 is 0 Å². The van der Waals surface area contributed by atoms with E-state index in [-0.39, 0.29) is 16.6 Å². The van der Waals surface area contributed by atoms with Gasteiger partial charge in [0.25, 0.3) is 5.91 Å². The van der Waals surface area contributed by atoms with E-state index < -0.39 is 10.0 Å². The molecule has 21 heavy (non-hydrogen) atoms. The highest BCUT2D eigenvalue weighted by Gasteiger charge is 2.16. The van der Waals surface area contributed by atoms with Crippen LogP contribution in [0.25, 0.3) is 0 Å². The topological polar surface area (TPSA) is 66.5 Å². The molecule has 0 fully saturated rings. The Morgan fingerprint density at radius 3 is 2.29 bits per heavy atom. The number of nitrogens with one attached hydrogen (secondary N) is 1. The number of sulfonamides is 1. The van der Waals surface area contributed by atoms with Crippen LogP contribution >= 0.6 is 11.6 Å². The summed E-state index contributed by atoms with van der Waals surface area (Å²) in [7, 11) is -3.44. The Morgan fingerprint density at radius 2 is 1.81 bits per heavy atom. The van der Waals surface area contributed by atoms with Gasteiger partial charge in [-0.3, -0.25) is 9.52 Å². The molecule has 0 saturated carbocycles. The summed E-state index contributed by atoms with van der Waals surface area (Å²) >= 11 is 5.96. The number of hydrogen-bond acceptors (Lipinski definition) is 3. The molecule has 0 saturated heterocycles. The summed E-state index contributed by atoms with van der Waals surface area (Å²) < 4.78 is 24.9. The minimum atomic E-state index is -3.44. The van der Waals surface area contributed by atoms with Gasteiger partial charge in [0.1, 0.15) is 0 Å². The molecule has 0 atom stereocenters. The minimum absolute atomic E-state index is 0.119. The lowest BCUT2D eigenvalue weighted by Crippen LogP contribution is -2.32. The van der Waals surface area contributed by atoms with Crippen molar-refractivity contribution < 1.29 is 13.2 Å². The van der Waals surface area contributed by atoms with E-state index in [9.17, 15) is 13.2 Å². The zero-order valence-electron chi connectivity index (χ0n) is 12.5. The summed E-state index contributed by atoms with van der Waals surface area (Å²) in [6, 6.07) is 4.61. The Labute approximate surface area is 131 Å². The van der Waals surface area contributed by atoms with Gasteiger partial charge in [0.15, 0.2) is 0 Å². The fourth-order valence-corrected chi connectivity index (χ4v) is 2.76. The Bertz CT molecular complexity index is 596. The fourth-order valence-electron chi connectivity index (χ4n) is 1.97. The number of nitrogens with zero attached hydrogens (tertiary/aromatic N) is 1. The molecule has 0 spiro atoms. The van der Waals surface area contributed by atoms with Crippen LogP contribution in [-0.4, -0.2) is 38.6 Å². The van der Waals surface area contributed by atoms with Gasteiger partial charge in [-0.25, -0.2) is 8.42 Å². The molecule has 5 nitrogen and oxygen atoms in total. The number of amides is 1. The van der Waals surface area contributed by atoms with Crippen molar-refractivity contribution in [3.05, 3.63) is 28.8 Å². The first-order chi connectivity index (χ1) is 9.78. The van der Waals surface area contributed by atoms with Crippen LogP contribution in [0.3, 0.4) is 0 Å². The van der Waals surface area contributed by atoms with Crippen molar-refractivity contribution in [3.8, 4) is 0 Å². The molecule has 0 aliphatic heterocycles. The number of carbonyl (C=O) groups excluding carboxylic acids is 1. The Balaban J connectivity index is 3.07. The maximum Gasteiger partial charge on any atom is 0.253 e. The number of halogens is 1. The molecule has 1 N–H and O–H groups in total. The first kappa shape index (κ1) is 17.8. The first-order valence-electron chi connectivity index (χ1n) is 6.85. The van der Waals surface area contributed by atoms with Crippen LogP contribution < -0.4 is 4.72 Å². The van der Waals surface area contributed by atoms with Crippen molar-refractivity contribution in [2.75, 3.05) is 24.1 Å². The Kier molecular flexibility index (Phi) is 6.48. The van der Waals surface area contributed by atoms with E-state index in [1.165, 1.54) is 12.1 Å². The molecule has 1 aromatic carbocycles. The van der Waals surface area contributed by atoms with E-state index in [0.29, 0.717) is 18.7 Å². The second kappa shape index (κ2) is 7.66. The van der Waals surface area contributed by atoms with Gasteiger partial charge in [0, 0.05) is 18.7 Å². The maximum absolute atomic E-state index is 12.5. The van der Waals surface area contributed by atoms with Gasteiger partial charge in [-0.15, -0.1) is 0 Å². The van der Waals surface area contributed by atoms with Crippen molar-refractivity contribution in [2.24, 2.45) is 0 Å². The smallest absolute Gasteiger partial charge is 0.253 e. The number of hydrogen-bond donors (Lipinski definition) is 1. The monoisotopic (exact) mass is 332 g/mol. The van der Waals surface area contributed by atoms with Crippen LogP contribution in [0.4, 0.5) is 5.69 Å². The standard InChI is InChI=1S/C14H21ClN2O3S/c1-4-8-17(9-5-2)14(18)11-6-7-12(15)13(10-11)16-21(3,19)20/h6-7,10,16H,4-5,8-9H2,1-3H3. The third kappa shape index (κ3) is 5.55. The van der Waals surface area contributed by atoms with Gasteiger partial charge in [0.2, 0.25) is 10.0 Å². The van der Waals surface area contributed by atoms with Gasteiger partial charge in [0.05, 0.1) is 17.0 Å². The van der Waals surface area contributed by atoms with Gasteiger partial charge in [-0.05, 0) is 31.0 Å². The second-order valence-electron chi connectivity index (χ2n) is 4.86. The summed E-state index contributed by atoms with van der Waals surface area (Å²) in [4.78, 5) is 14.2. The highest BCUT2D eigenvalue weighted by atomic mass is 35.5. The van der Waals surface area contributed by atoms with E-state index >= 15 is 0 Å². The number of carbonyl (C=O) groups is 1. The van der Waals surface area contributed by atoms with E-state index in [0.717, 1.165) is 19.1 Å². The Morgan fingerprint density at radius 1 is 1.24 bits per heavy atom. The highest BCUT2D eigenvalue weighted by molar-refractivity contribution is 7.92. The molecule has 1 aromatic rings. The molecule has 0 aromatic heterocycles. The van der Waals surface area contributed by atoms with Crippen LogP contribution in [0.5, 0.6) is 0 Å². The summed E-state index contributed by atoms with van der Waals surface area (Å²) in [5, 5.41) is 0.259. The summed E-state index contributed by atoms with van der Waals surface area (Å²) in [5.41, 5.74) is 0.644. The molecule has 0 radical (unpaired) electrons. The minimum Gasteiger partial charge on any atom is -0.339 e. The van der Waals surface area contributed by atoms with Crippen molar-refractivity contribution in [1.29, 1.82) is 0 Å². The number of benzene rings is 1. The van der Waals surface area contributed by atoms with Gasteiger partial charge in [-0.2, -0.15) is 0 Å². The largest absolute Gasteiger partial charge is 0.339 e. The molecule has 7 heteroatoms. The first-order valence-corrected chi connectivity index (χ1v) is 9.12. The molecule has 1 amide bonds. The van der Waals surface area contributed by atoms with E-state index in [1.54, 1.807) is 11.0 Å². The quantitative estimate of drug-likeness (QED) is 0.834. The normalized spacial score (nSPS) is 11.2. The van der Waals surface area contributed by atoms with Crippen LogP contribution in [0, 0.1) is 0 Å². The molecule has 0 unspecified atom stereocenters.